The van der Waals surface area contributed by atoms with E-state index in [1.807, 2.05) is 24.0 Å². The topological polar surface area (TPSA) is 29.9 Å². The Morgan fingerprint density at radius 3 is 2.90 bits per heavy atom. The Balaban J connectivity index is 2.11. The van der Waals surface area contributed by atoms with Gasteiger partial charge < -0.3 is 5.32 Å². The smallest absolute Gasteiger partial charge is 0.0521 e. The molecule has 1 N–H and O–H groups in total. The highest BCUT2D eigenvalue weighted by Crippen LogP contribution is 2.27. The van der Waals surface area contributed by atoms with E-state index in [2.05, 4.69) is 58.3 Å². The quantitative estimate of drug-likeness (QED) is 0.740. The first-order valence-corrected chi connectivity index (χ1v) is 8.21. The molecule has 0 spiro atoms. The molecular weight excluding hydrogens is 385 g/mol. The first-order valence-electron chi connectivity index (χ1n) is 6.76. The van der Waals surface area contributed by atoms with Crippen LogP contribution in [-0.4, -0.2) is 16.3 Å². The lowest BCUT2D eigenvalue weighted by atomic mass is 10.00. The van der Waals surface area contributed by atoms with Crippen LogP contribution in [0.4, 0.5) is 0 Å². The van der Waals surface area contributed by atoms with E-state index >= 15 is 0 Å². The molecule has 0 fully saturated rings. The second kappa shape index (κ2) is 7.43. The van der Waals surface area contributed by atoms with E-state index < -0.39 is 0 Å². The average Bonchev–Trinajstić information content (AvgIpc) is 2.83. The van der Waals surface area contributed by atoms with E-state index in [9.17, 15) is 0 Å². The fourth-order valence-electron chi connectivity index (χ4n) is 2.31. The van der Waals surface area contributed by atoms with Gasteiger partial charge in [0.15, 0.2) is 0 Å². The summed E-state index contributed by atoms with van der Waals surface area (Å²) in [5, 5.41) is 8.57. The highest BCUT2D eigenvalue weighted by atomic mass is 127. The zero-order valence-corrected chi connectivity index (χ0v) is 14.6. The third kappa shape index (κ3) is 4.20. The zero-order valence-electron chi connectivity index (χ0n) is 11.7. The number of halogens is 2. The van der Waals surface area contributed by atoms with E-state index in [1.54, 1.807) is 0 Å². The lowest BCUT2D eigenvalue weighted by molar-refractivity contribution is 0.513. The van der Waals surface area contributed by atoms with Crippen LogP contribution in [0.1, 0.15) is 30.5 Å². The van der Waals surface area contributed by atoms with Crippen LogP contribution in [-0.2, 0) is 13.5 Å². The number of benzene rings is 1. The molecule has 0 radical (unpaired) electrons. The Morgan fingerprint density at radius 2 is 2.25 bits per heavy atom. The standard InChI is InChI=1S/C15H19ClIN3/c1-3-18-15(7-4-11-9-19-20(2)10-11)13-8-12(16)5-6-14(13)17/h5-6,8-10,15,18H,3-4,7H2,1-2H3. The van der Waals surface area contributed by atoms with Crippen molar-refractivity contribution in [1.29, 1.82) is 0 Å². The van der Waals surface area contributed by atoms with Crippen LogP contribution in [0.3, 0.4) is 0 Å². The van der Waals surface area contributed by atoms with Crippen molar-refractivity contribution >= 4 is 34.2 Å². The van der Waals surface area contributed by atoms with Gasteiger partial charge in [0.05, 0.1) is 6.20 Å². The molecule has 2 rings (SSSR count). The molecule has 0 aliphatic carbocycles. The van der Waals surface area contributed by atoms with Crippen LogP contribution in [0.25, 0.3) is 0 Å². The van der Waals surface area contributed by atoms with Crippen LogP contribution in [0.2, 0.25) is 5.02 Å². The molecule has 1 unspecified atom stereocenters. The number of hydrogen-bond acceptors (Lipinski definition) is 2. The Labute approximate surface area is 138 Å². The Kier molecular flexibility index (Phi) is 5.86. The molecule has 1 atom stereocenters. The number of aromatic nitrogens is 2. The first-order chi connectivity index (χ1) is 9.60. The predicted octanol–water partition coefficient (Wildman–Crippen LogP) is 3.96. The van der Waals surface area contributed by atoms with E-state index in [-0.39, 0.29) is 0 Å². The van der Waals surface area contributed by atoms with E-state index in [0.717, 1.165) is 24.4 Å². The predicted molar refractivity (Wildman–Crippen MR) is 92.1 cm³/mol. The molecule has 2 aromatic rings. The Hall–Kier alpha value is -0.590. The highest BCUT2D eigenvalue weighted by Gasteiger charge is 2.14. The molecule has 0 bridgehead atoms. The van der Waals surface area contributed by atoms with Gasteiger partial charge in [0.1, 0.15) is 0 Å². The van der Waals surface area contributed by atoms with Gasteiger partial charge in [0.25, 0.3) is 0 Å². The summed E-state index contributed by atoms with van der Waals surface area (Å²) in [6.45, 7) is 3.08. The van der Waals surface area contributed by atoms with Gasteiger partial charge in [-0.15, -0.1) is 0 Å². The maximum atomic E-state index is 6.14. The molecule has 5 heteroatoms. The van der Waals surface area contributed by atoms with Gasteiger partial charge in [0, 0.05) is 27.9 Å². The molecule has 108 valence electrons. The third-order valence-corrected chi connectivity index (χ3v) is 4.48. The largest absolute Gasteiger partial charge is 0.310 e. The van der Waals surface area contributed by atoms with Gasteiger partial charge in [-0.3, -0.25) is 4.68 Å². The summed E-state index contributed by atoms with van der Waals surface area (Å²) in [6.07, 6.45) is 6.06. The highest BCUT2D eigenvalue weighted by molar-refractivity contribution is 14.1. The van der Waals surface area contributed by atoms with Crippen molar-refractivity contribution < 1.29 is 0 Å². The molecule has 1 aromatic heterocycles. The van der Waals surface area contributed by atoms with Crippen LogP contribution in [0.15, 0.2) is 30.6 Å². The summed E-state index contributed by atoms with van der Waals surface area (Å²) in [7, 11) is 1.95. The molecule has 1 heterocycles. The number of nitrogens with one attached hydrogen (secondary N) is 1. The van der Waals surface area contributed by atoms with Gasteiger partial charge >= 0.3 is 0 Å². The van der Waals surface area contributed by atoms with Crippen molar-refractivity contribution in [3.8, 4) is 0 Å². The van der Waals surface area contributed by atoms with Crippen molar-refractivity contribution in [3.05, 3.63) is 50.3 Å². The van der Waals surface area contributed by atoms with Gasteiger partial charge in [-0.1, -0.05) is 18.5 Å². The summed E-state index contributed by atoms with van der Waals surface area (Å²) in [5.41, 5.74) is 2.55. The van der Waals surface area contributed by atoms with Gasteiger partial charge in [-0.2, -0.15) is 5.10 Å². The second-order valence-corrected chi connectivity index (χ2v) is 6.44. The Bertz CT molecular complexity index is 568. The lowest BCUT2D eigenvalue weighted by Gasteiger charge is -2.20. The fraction of sp³-hybridized carbons (Fsp3) is 0.400. The fourth-order valence-corrected chi connectivity index (χ4v) is 3.20. The van der Waals surface area contributed by atoms with Crippen molar-refractivity contribution in [2.45, 2.75) is 25.8 Å². The minimum atomic E-state index is 0.325. The molecule has 0 amide bonds. The first kappa shape index (κ1) is 15.8. The van der Waals surface area contributed by atoms with Crippen LogP contribution in [0.5, 0.6) is 0 Å². The minimum absolute atomic E-state index is 0.325. The summed E-state index contributed by atoms with van der Waals surface area (Å²) >= 11 is 8.51. The molecule has 0 aliphatic heterocycles. The average molecular weight is 404 g/mol. The number of nitrogens with zero attached hydrogens (tertiary/aromatic N) is 2. The van der Waals surface area contributed by atoms with Crippen LogP contribution in [0, 0.1) is 3.57 Å². The van der Waals surface area contributed by atoms with Crippen LogP contribution < -0.4 is 5.32 Å². The summed E-state index contributed by atoms with van der Waals surface area (Å²) in [5.74, 6) is 0. The zero-order chi connectivity index (χ0) is 14.5. The third-order valence-electron chi connectivity index (χ3n) is 3.26. The Morgan fingerprint density at radius 1 is 1.45 bits per heavy atom. The molecule has 20 heavy (non-hydrogen) atoms. The van der Waals surface area contributed by atoms with E-state index in [1.165, 1.54) is 14.7 Å². The second-order valence-electron chi connectivity index (χ2n) is 4.84. The molecule has 0 saturated carbocycles. The number of rotatable bonds is 6. The lowest BCUT2D eigenvalue weighted by Crippen LogP contribution is -2.22. The maximum Gasteiger partial charge on any atom is 0.0521 e. The monoisotopic (exact) mass is 403 g/mol. The van der Waals surface area contributed by atoms with E-state index in [0.29, 0.717) is 6.04 Å². The van der Waals surface area contributed by atoms with Gasteiger partial charge in [-0.05, 0) is 71.3 Å². The molecule has 1 aromatic carbocycles. The number of aryl methyl sites for hydroxylation is 2. The van der Waals surface area contributed by atoms with Crippen molar-refractivity contribution in [3.63, 3.8) is 0 Å². The number of hydrogen-bond donors (Lipinski definition) is 1. The molecule has 0 aliphatic rings. The van der Waals surface area contributed by atoms with Crippen molar-refractivity contribution in [2.75, 3.05) is 6.54 Å². The van der Waals surface area contributed by atoms with Gasteiger partial charge in [0.2, 0.25) is 0 Å². The van der Waals surface area contributed by atoms with Gasteiger partial charge in [-0.25, -0.2) is 0 Å². The normalized spacial score (nSPS) is 12.6. The van der Waals surface area contributed by atoms with Crippen molar-refractivity contribution in [2.24, 2.45) is 7.05 Å². The summed E-state index contributed by atoms with van der Waals surface area (Å²) in [4.78, 5) is 0. The molecule has 3 nitrogen and oxygen atoms in total. The summed E-state index contributed by atoms with van der Waals surface area (Å²) < 4.78 is 3.10. The van der Waals surface area contributed by atoms with E-state index in [4.69, 9.17) is 11.6 Å². The SMILES string of the molecule is CCNC(CCc1cnn(C)c1)c1cc(Cl)ccc1I. The van der Waals surface area contributed by atoms with Crippen LogP contribution >= 0.6 is 34.2 Å². The molecular formula is C15H19ClIN3. The maximum absolute atomic E-state index is 6.14. The van der Waals surface area contributed by atoms with Crippen molar-refractivity contribution in [1.82, 2.24) is 15.1 Å². The summed E-state index contributed by atoms with van der Waals surface area (Å²) in [6, 6.07) is 6.41. The molecule has 0 saturated heterocycles. The minimum Gasteiger partial charge on any atom is -0.310 e.